The van der Waals surface area contributed by atoms with E-state index in [1.54, 1.807) is 37.3 Å². The van der Waals surface area contributed by atoms with E-state index < -0.39 is 10.0 Å². The summed E-state index contributed by atoms with van der Waals surface area (Å²) in [5.41, 5.74) is 1.41. The maximum Gasteiger partial charge on any atom is 0.266 e. The molecule has 0 aliphatic heterocycles. The normalized spacial score (nSPS) is 11.5. The monoisotopic (exact) mass is 377 g/mol. The number of para-hydroxylation sites is 1. The Morgan fingerprint density at radius 3 is 2.60 bits per heavy atom. The third-order valence-corrected chi connectivity index (χ3v) is 5.94. The van der Waals surface area contributed by atoms with Crippen molar-refractivity contribution in [1.29, 1.82) is 0 Å². The minimum absolute atomic E-state index is 0.0916. The average molecular weight is 378 g/mol. The van der Waals surface area contributed by atoms with Gasteiger partial charge in [-0.3, -0.25) is 9.29 Å². The van der Waals surface area contributed by atoms with Gasteiger partial charge in [-0.2, -0.15) is 0 Å². The fraction of sp³-hybridized carbons (Fsp3) is 0.176. The second kappa shape index (κ2) is 6.50. The van der Waals surface area contributed by atoms with Crippen molar-refractivity contribution in [2.45, 2.75) is 11.8 Å². The first kappa shape index (κ1) is 17.4. The number of ether oxygens (including phenoxy) is 1. The molecule has 1 aromatic carbocycles. The standard InChI is InChI=1S/C17H16ClN3O3S/c1-11-9-14(18)13-5-4-6-15(17(13)20-11)25(22,23)21(2)12-7-8-16(24-3)19-10-12/h4-10H,1-3H3. The molecule has 3 rings (SSSR count). The van der Waals surface area contributed by atoms with Crippen molar-refractivity contribution in [1.82, 2.24) is 9.97 Å². The molecule has 0 N–H and O–H groups in total. The maximum atomic E-state index is 13.1. The molecule has 6 nitrogen and oxygen atoms in total. The van der Waals surface area contributed by atoms with Crippen LogP contribution in [0, 0.1) is 6.92 Å². The van der Waals surface area contributed by atoms with Gasteiger partial charge in [0, 0.05) is 24.2 Å². The molecule has 0 aliphatic rings. The van der Waals surface area contributed by atoms with E-state index in [9.17, 15) is 8.42 Å². The van der Waals surface area contributed by atoms with Crippen LogP contribution in [0.4, 0.5) is 5.69 Å². The quantitative estimate of drug-likeness (QED) is 0.696. The highest BCUT2D eigenvalue weighted by Crippen LogP contribution is 2.31. The predicted octanol–water partition coefficient (Wildman–Crippen LogP) is 3.43. The highest BCUT2D eigenvalue weighted by molar-refractivity contribution is 7.93. The number of rotatable bonds is 4. The van der Waals surface area contributed by atoms with Crippen LogP contribution in [0.25, 0.3) is 10.9 Å². The number of nitrogens with zero attached hydrogens (tertiary/aromatic N) is 3. The van der Waals surface area contributed by atoms with Crippen LogP contribution in [0.1, 0.15) is 5.69 Å². The van der Waals surface area contributed by atoms with Crippen LogP contribution in [0.2, 0.25) is 5.02 Å². The molecule has 0 saturated heterocycles. The third kappa shape index (κ3) is 3.12. The van der Waals surface area contributed by atoms with Gasteiger partial charge < -0.3 is 4.74 Å². The Labute approximate surface area is 151 Å². The number of benzene rings is 1. The van der Waals surface area contributed by atoms with Crippen LogP contribution in [0.5, 0.6) is 5.88 Å². The molecule has 0 fully saturated rings. The van der Waals surface area contributed by atoms with E-state index in [0.29, 0.717) is 33.2 Å². The lowest BCUT2D eigenvalue weighted by Crippen LogP contribution is -2.27. The lowest BCUT2D eigenvalue weighted by atomic mass is 10.2. The summed E-state index contributed by atoms with van der Waals surface area (Å²) in [6, 6.07) is 9.85. The lowest BCUT2D eigenvalue weighted by Gasteiger charge is -2.20. The van der Waals surface area contributed by atoms with Crippen molar-refractivity contribution in [2.24, 2.45) is 0 Å². The van der Waals surface area contributed by atoms with Gasteiger partial charge in [-0.15, -0.1) is 0 Å². The van der Waals surface area contributed by atoms with Gasteiger partial charge in [-0.05, 0) is 25.1 Å². The summed E-state index contributed by atoms with van der Waals surface area (Å²) in [5, 5.41) is 1.06. The number of pyridine rings is 2. The molecule has 0 unspecified atom stereocenters. The number of sulfonamides is 1. The Morgan fingerprint density at radius 1 is 1.20 bits per heavy atom. The molecule has 0 bridgehead atoms. The van der Waals surface area contributed by atoms with Crippen molar-refractivity contribution in [3.05, 3.63) is 53.3 Å². The molecular weight excluding hydrogens is 362 g/mol. The summed E-state index contributed by atoms with van der Waals surface area (Å²) < 4.78 is 32.4. The zero-order chi connectivity index (χ0) is 18.2. The van der Waals surface area contributed by atoms with Crippen LogP contribution in [0.3, 0.4) is 0 Å². The number of aromatic nitrogens is 2. The van der Waals surface area contributed by atoms with Gasteiger partial charge in [0.15, 0.2) is 0 Å². The second-order valence-electron chi connectivity index (χ2n) is 5.43. The molecular formula is C17H16ClN3O3S. The molecule has 8 heteroatoms. The first-order valence-corrected chi connectivity index (χ1v) is 9.21. The number of halogens is 1. The van der Waals surface area contributed by atoms with Crippen LogP contribution >= 0.6 is 11.6 Å². The Hall–Kier alpha value is -2.38. The van der Waals surface area contributed by atoms with Crippen LogP contribution in [-0.2, 0) is 10.0 Å². The van der Waals surface area contributed by atoms with Gasteiger partial charge in [0.2, 0.25) is 5.88 Å². The molecule has 3 aromatic rings. The second-order valence-corrected chi connectivity index (χ2v) is 7.77. The molecule has 25 heavy (non-hydrogen) atoms. The van der Waals surface area contributed by atoms with Gasteiger partial charge in [0.25, 0.3) is 10.0 Å². The van der Waals surface area contributed by atoms with Crippen LogP contribution < -0.4 is 9.04 Å². The van der Waals surface area contributed by atoms with Gasteiger partial charge in [0.1, 0.15) is 4.90 Å². The number of anilines is 1. The zero-order valence-corrected chi connectivity index (χ0v) is 15.5. The topological polar surface area (TPSA) is 72.4 Å². The summed E-state index contributed by atoms with van der Waals surface area (Å²) in [5.74, 6) is 0.406. The van der Waals surface area contributed by atoms with Gasteiger partial charge in [0.05, 0.1) is 29.5 Å². The fourth-order valence-electron chi connectivity index (χ4n) is 2.47. The Kier molecular flexibility index (Phi) is 4.53. The summed E-state index contributed by atoms with van der Waals surface area (Å²) >= 11 is 6.24. The van der Waals surface area contributed by atoms with Gasteiger partial charge >= 0.3 is 0 Å². The average Bonchev–Trinajstić information content (AvgIpc) is 2.60. The van der Waals surface area contributed by atoms with E-state index in [1.807, 2.05) is 0 Å². The third-order valence-electron chi connectivity index (χ3n) is 3.81. The highest BCUT2D eigenvalue weighted by Gasteiger charge is 2.25. The first-order chi connectivity index (χ1) is 11.8. The highest BCUT2D eigenvalue weighted by atomic mass is 35.5. The van der Waals surface area contributed by atoms with Crippen molar-refractivity contribution >= 4 is 38.2 Å². The van der Waals surface area contributed by atoms with Crippen molar-refractivity contribution in [2.75, 3.05) is 18.5 Å². The van der Waals surface area contributed by atoms with E-state index >= 15 is 0 Å². The molecule has 0 atom stereocenters. The Bertz CT molecular complexity index is 1040. The summed E-state index contributed by atoms with van der Waals surface area (Å²) in [7, 11) is -0.877. The fourth-order valence-corrected chi connectivity index (χ4v) is 4.12. The Balaban J connectivity index is 2.15. The molecule has 0 saturated carbocycles. The molecule has 0 aliphatic carbocycles. The molecule has 0 spiro atoms. The largest absolute Gasteiger partial charge is 0.481 e. The molecule has 0 radical (unpaired) electrons. The smallest absolute Gasteiger partial charge is 0.266 e. The Morgan fingerprint density at radius 2 is 1.96 bits per heavy atom. The first-order valence-electron chi connectivity index (χ1n) is 7.39. The maximum absolute atomic E-state index is 13.1. The number of hydrogen-bond donors (Lipinski definition) is 0. The number of methoxy groups -OCH3 is 1. The molecule has 2 heterocycles. The number of hydrogen-bond acceptors (Lipinski definition) is 5. The predicted molar refractivity (Wildman–Crippen MR) is 97.9 cm³/mol. The van der Waals surface area contributed by atoms with Gasteiger partial charge in [-0.25, -0.2) is 13.4 Å². The summed E-state index contributed by atoms with van der Waals surface area (Å²) in [6.45, 7) is 1.77. The van der Waals surface area contributed by atoms with Crippen LogP contribution in [0.15, 0.2) is 47.5 Å². The van der Waals surface area contributed by atoms with Gasteiger partial charge in [-0.1, -0.05) is 23.7 Å². The molecule has 0 amide bonds. The van der Waals surface area contributed by atoms with Crippen molar-refractivity contribution < 1.29 is 13.2 Å². The van der Waals surface area contributed by atoms with E-state index in [-0.39, 0.29) is 4.90 Å². The van der Waals surface area contributed by atoms with Crippen molar-refractivity contribution in [3.63, 3.8) is 0 Å². The number of aryl methyl sites for hydroxylation is 1. The van der Waals surface area contributed by atoms with E-state index in [4.69, 9.17) is 16.3 Å². The number of fused-ring (bicyclic) bond motifs is 1. The van der Waals surface area contributed by atoms with E-state index in [2.05, 4.69) is 9.97 Å². The minimum Gasteiger partial charge on any atom is -0.481 e. The SMILES string of the molecule is COc1ccc(N(C)S(=O)(=O)c2cccc3c(Cl)cc(C)nc23)cn1. The summed E-state index contributed by atoms with van der Waals surface area (Å²) in [6.07, 6.45) is 1.44. The van der Waals surface area contributed by atoms with Crippen molar-refractivity contribution in [3.8, 4) is 5.88 Å². The summed E-state index contributed by atoms with van der Waals surface area (Å²) in [4.78, 5) is 8.52. The molecule has 130 valence electrons. The van der Waals surface area contributed by atoms with Crippen LogP contribution in [-0.4, -0.2) is 32.5 Å². The molecule has 2 aromatic heterocycles. The zero-order valence-electron chi connectivity index (χ0n) is 13.9. The lowest BCUT2D eigenvalue weighted by molar-refractivity contribution is 0.398. The van der Waals surface area contributed by atoms with E-state index in [1.165, 1.54) is 26.4 Å². The minimum atomic E-state index is -3.84. The van der Waals surface area contributed by atoms with E-state index in [0.717, 1.165) is 4.31 Å².